The molecule has 3 aromatic rings. The Kier molecular flexibility index (Phi) is 11.3. The predicted molar refractivity (Wildman–Crippen MR) is 163 cm³/mol. The first-order valence-corrected chi connectivity index (χ1v) is 14.6. The van der Waals surface area contributed by atoms with Crippen LogP contribution in [0.25, 0.3) is 11.6 Å². The molecule has 256 valence electrons. The Bertz CT molecular complexity index is 1550. The summed E-state index contributed by atoms with van der Waals surface area (Å²) in [6.07, 6.45) is -9.10. The van der Waals surface area contributed by atoms with Crippen molar-refractivity contribution in [3.05, 3.63) is 84.4 Å². The smallest absolute Gasteiger partial charge is 0.426 e. The molecule has 14 heteroatoms. The number of carbonyl (C=O) groups excluding carboxylic acids is 1. The third kappa shape index (κ3) is 9.66. The number of hydrogen-bond donors (Lipinski definition) is 1. The summed E-state index contributed by atoms with van der Waals surface area (Å²) in [4.78, 5) is 16.9. The molecule has 2 heterocycles. The van der Waals surface area contributed by atoms with Crippen LogP contribution in [0, 0.1) is 5.41 Å². The van der Waals surface area contributed by atoms with Crippen molar-refractivity contribution in [3.8, 4) is 11.6 Å². The Morgan fingerprint density at radius 2 is 1.64 bits per heavy atom. The molecule has 0 bridgehead atoms. The number of allylic oxidation sites excluding steroid dienone is 2. The highest BCUT2D eigenvalue weighted by atomic mass is 19.4. The number of amides is 1. The van der Waals surface area contributed by atoms with Gasteiger partial charge in [0.25, 0.3) is 11.8 Å². The monoisotopic (exact) mass is 668 g/mol. The van der Waals surface area contributed by atoms with Gasteiger partial charge in [-0.25, -0.2) is 9.78 Å². The van der Waals surface area contributed by atoms with Crippen LogP contribution in [0.15, 0.2) is 66.1 Å². The number of pyridine rings is 1. The second kappa shape index (κ2) is 14.3. The molecule has 1 aromatic carbocycles. The number of alkyl halides is 6. The van der Waals surface area contributed by atoms with Crippen LogP contribution < -0.4 is 5.32 Å². The number of aromatic nitrogens is 3. The SMILES string of the molecule is C=CCCC(OCc1ccccc1)(c1nnc(-c2nc(CC(C)(C)CC=C)c(C(F)(F)F)cc2NC(=O)OC(C)(C)C)o1)C(F)(F)F. The van der Waals surface area contributed by atoms with Gasteiger partial charge >= 0.3 is 18.4 Å². The summed E-state index contributed by atoms with van der Waals surface area (Å²) in [6, 6.07) is 8.72. The van der Waals surface area contributed by atoms with Crippen molar-refractivity contribution in [2.45, 2.75) is 90.5 Å². The quantitative estimate of drug-likeness (QED) is 0.143. The van der Waals surface area contributed by atoms with E-state index in [1.807, 2.05) is 0 Å². The first kappa shape index (κ1) is 37.3. The van der Waals surface area contributed by atoms with Gasteiger partial charge in [0, 0.05) is 0 Å². The van der Waals surface area contributed by atoms with Crippen molar-refractivity contribution in [1.29, 1.82) is 0 Å². The fourth-order valence-electron chi connectivity index (χ4n) is 4.67. The molecule has 8 nitrogen and oxygen atoms in total. The normalized spacial score (nSPS) is 13.9. The second-order valence-corrected chi connectivity index (χ2v) is 12.7. The zero-order valence-electron chi connectivity index (χ0n) is 26.8. The highest BCUT2D eigenvalue weighted by Crippen LogP contribution is 2.47. The minimum absolute atomic E-state index is 0.168. The molecule has 47 heavy (non-hydrogen) atoms. The molecule has 1 unspecified atom stereocenters. The van der Waals surface area contributed by atoms with Crippen molar-refractivity contribution in [2.24, 2.45) is 5.41 Å². The van der Waals surface area contributed by atoms with Gasteiger partial charge in [0.05, 0.1) is 23.6 Å². The lowest BCUT2D eigenvalue weighted by Gasteiger charge is -2.32. The van der Waals surface area contributed by atoms with Gasteiger partial charge < -0.3 is 13.9 Å². The molecule has 0 saturated heterocycles. The fraction of sp³-hybridized carbons (Fsp3) is 0.455. The summed E-state index contributed by atoms with van der Waals surface area (Å²) in [7, 11) is 0. The zero-order valence-corrected chi connectivity index (χ0v) is 26.8. The summed E-state index contributed by atoms with van der Waals surface area (Å²) >= 11 is 0. The topological polar surface area (TPSA) is 99.4 Å². The zero-order chi connectivity index (χ0) is 35.3. The van der Waals surface area contributed by atoms with Crippen LogP contribution in [-0.2, 0) is 34.3 Å². The van der Waals surface area contributed by atoms with E-state index in [4.69, 9.17) is 13.9 Å². The molecular formula is C33H38F6N4O4. The number of benzene rings is 1. The van der Waals surface area contributed by atoms with Gasteiger partial charge in [0.15, 0.2) is 5.69 Å². The molecule has 1 N–H and O–H groups in total. The van der Waals surface area contributed by atoms with Gasteiger partial charge in [-0.3, -0.25) is 5.32 Å². The van der Waals surface area contributed by atoms with Gasteiger partial charge in [0.1, 0.15) is 5.60 Å². The van der Waals surface area contributed by atoms with Crippen LogP contribution >= 0.6 is 0 Å². The van der Waals surface area contributed by atoms with Crippen LogP contribution in [0.1, 0.15) is 76.6 Å². The molecule has 2 aromatic heterocycles. The van der Waals surface area contributed by atoms with E-state index in [2.05, 4.69) is 33.7 Å². The number of ether oxygens (including phenoxy) is 2. The van der Waals surface area contributed by atoms with Gasteiger partial charge in [0.2, 0.25) is 5.60 Å². The predicted octanol–water partition coefficient (Wildman–Crippen LogP) is 9.58. The number of nitrogens with zero attached hydrogens (tertiary/aromatic N) is 3. The van der Waals surface area contributed by atoms with E-state index in [1.54, 1.807) is 50.3 Å². The Hall–Kier alpha value is -4.20. The number of rotatable bonds is 13. The van der Waals surface area contributed by atoms with Crippen LogP contribution in [0.2, 0.25) is 0 Å². The minimum Gasteiger partial charge on any atom is -0.444 e. The molecule has 0 radical (unpaired) electrons. The Morgan fingerprint density at radius 3 is 2.19 bits per heavy atom. The van der Waals surface area contributed by atoms with E-state index < -0.39 is 82.5 Å². The maximum absolute atomic E-state index is 14.9. The van der Waals surface area contributed by atoms with Crippen molar-refractivity contribution in [1.82, 2.24) is 15.2 Å². The van der Waals surface area contributed by atoms with E-state index in [-0.39, 0.29) is 12.8 Å². The largest absolute Gasteiger partial charge is 0.444 e. The van der Waals surface area contributed by atoms with Crippen LogP contribution in [0.3, 0.4) is 0 Å². The van der Waals surface area contributed by atoms with E-state index in [9.17, 15) is 31.1 Å². The number of halogens is 6. The van der Waals surface area contributed by atoms with E-state index >= 15 is 0 Å². The molecule has 0 aliphatic carbocycles. The Labute approximate surface area is 269 Å². The van der Waals surface area contributed by atoms with Gasteiger partial charge in [-0.2, -0.15) is 26.3 Å². The van der Waals surface area contributed by atoms with Crippen molar-refractivity contribution in [2.75, 3.05) is 5.32 Å². The third-order valence-corrected chi connectivity index (χ3v) is 6.84. The number of anilines is 1. The van der Waals surface area contributed by atoms with Gasteiger partial charge in [-0.05, 0) is 63.5 Å². The summed E-state index contributed by atoms with van der Waals surface area (Å²) in [6.45, 7) is 14.7. The molecule has 1 amide bonds. The molecule has 1 atom stereocenters. The standard InChI is InChI=1S/C33H38F6N4O4/c1-8-10-17-31(33(37,38)39,45-20-21-14-12-11-13-15-21)27-43-42-26(46-27)25-23(41-28(44)47-29(3,4)5)18-22(32(34,35)36)24(40-25)19-30(6,7)16-9-2/h8-9,11-15,18H,1-2,10,16-17,19-20H2,3-7H3,(H,41,44). The number of carbonyl (C=O) groups is 1. The van der Waals surface area contributed by atoms with Gasteiger partial charge in [-0.1, -0.05) is 56.3 Å². The van der Waals surface area contributed by atoms with Crippen LogP contribution in [-0.4, -0.2) is 33.1 Å². The molecule has 3 rings (SSSR count). The lowest BCUT2D eigenvalue weighted by molar-refractivity contribution is -0.299. The van der Waals surface area contributed by atoms with Gasteiger partial charge in [-0.15, -0.1) is 23.4 Å². The molecule has 0 aliphatic rings. The average Bonchev–Trinajstić information content (AvgIpc) is 3.42. The van der Waals surface area contributed by atoms with Crippen molar-refractivity contribution in [3.63, 3.8) is 0 Å². The lowest BCUT2D eigenvalue weighted by Crippen LogP contribution is -2.45. The summed E-state index contributed by atoms with van der Waals surface area (Å²) in [5, 5.41) is 9.65. The maximum Gasteiger partial charge on any atom is 0.426 e. The first-order chi connectivity index (χ1) is 21.7. The summed E-state index contributed by atoms with van der Waals surface area (Å²) in [5.41, 5.74) is -7.18. The lowest BCUT2D eigenvalue weighted by atomic mass is 9.83. The summed E-state index contributed by atoms with van der Waals surface area (Å²) in [5.74, 6) is -1.69. The molecule has 0 aliphatic heterocycles. The fourth-order valence-corrected chi connectivity index (χ4v) is 4.67. The van der Waals surface area contributed by atoms with E-state index in [0.717, 1.165) is 0 Å². The molecule has 0 spiro atoms. The highest BCUT2D eigenvalue weighted by molar-refractivity contribution is 5.89. The number of nitrogens with one attached hydrogen (secondary N) is 1. The highest BCUT2D eigenvalue weighted by Gasteiger charge is 2.61. The number of hydrogen-bond acceptors (Lipinski definition) is 7. The molecule has 0 saturated carbocycles. The average molecular weight is 669 g/mol. The maximum atomic E-state index is 14.9. The van der Waals surface area contributed by atoms with Crippen LogP contribution in [0.4, 0.5) is 36.8 Å². The van der Waals surface area contributed by atoms with E-state index in [1.165, 1.54) is 26.8 Å². The second-order valence-electron chi connectivity index (χ2n) is 12.7. The minimum atomic E-state index is -5.08. The Balaban J connectivity index is 2.25. The van der Waals surface area contributed by atoms with Crippen LogP contribution in [0.5, 0.6) is 0 Å². The van der Waals surface area contributed by atoms with Crippen molar-refractivity contribution >= 4 is 11.8 Å². The van der Waals surface area contributed by atoms with E-state index in [0.29, 0.717) is 18.1 Å². The third-order valence-electron chi connectivity index (χ3n) is 6.84. The first-order valence-electron chi connectivity index (χ1n) is 14.6. The van der Waals surface area contributed by atoms with Crippen molar-refractivity contribution < 1.29 is 45.0 Å². The Morgan fingerprint density at radius 1 is 0.979 bits per heavy atom. The molecular weight excluding hydrogens is 630 g/mol. The molecule has 0 fully saturated rings. The summed E-state index contributed by atoms with van der Waals surface area (Å²) < 4.78 is 104.